The number of ether oxygens (including phenoxy) is 1. The summed E-state index contributed by atoms with van der Waals surface area (Å²) in [5.41, 5.74) is 1.34. The largest absolute Gasteiger partial charge is 0.497 e. The first-order chi connectivity index (χ1) is 9.67. The van der Waals surface area contributed by atoms with Gasteiger partial charge < -0.3 is 10.1 Å². The van der Waals surface area contributed by atoms with Crippen molar-refractivity contribution >= 4 is 11.3 Å². The average Bonchev–Trinajstić information content (AvgIpc) is 2.85. The number of aryl methyl sites for hydroxylation is 1. The Hall–Kier alpha value is -1.32. The van der Waals surface area contributed by atoms with Crippen LogP contribution in [-0.4, -0.2) is 19.7 Å². The van der Waals surface area contributed by atoms with Crippen LogP contribution in [0, 0.1) is 6.92 Å². The van der Waals surface area contributed by atoms with Crippen LogP contribution in [0.2, 0.25) is 0 Å². The minimum absolute atomic E-state index is 0.520. The summed E-state index contributed by atoms with van der Waals surface area (Å²) in [4.78, 5) is 2.86. The maximum absolute atomic E-state index is 5.17. The molecule has 108 valence electrons. The van der Waals surface area contributed by atoms with Crippen molar-refractivity contribution in [2.24, 2.45) is 0 Å². The number of rotatable bonds is 7. The summed E-state index contributed by atoms with van der Waals surface area (Å²) in [5.74, 6) is 0.920. The van der Waals surface area contributed by atoms with Crippen molar-refractivity contribution in [2.75, 3.05) is 13.7 Å². The lowest BCUT2D eigenvalue weighted by molar-refractivity contribution is 0.414. The number of methoxy groups -OCH3 is 1. The molecule has 1 aromatic carbocycles. The lowest BCUT2D eigenvalue weighted by Crippen LogP contribution is -2.29. The van der Waals surface area contributed by atoms with Gasteiger partial charge in [-0.1, -0.05) is 12.1 Å². The van der Waals surface area contributed by atoms with Crippen LogP contribution in [0.25, 0.3) is 0 Å². The molecule has 0 amide bonds. The number of hydrogen-bond acceptors (Lipinski definition) is 3. The smallest absolute Gasteiger partial charge is 0.118 e. The molecule has 0 saturated heterocycles. The predicted molar refractivity (Wildman–Crippen MR) is 86.9 cm³/mol. The van der Waals surface area contributed by atoms with Gasteiger partial charge in [-0.25, -0.2) is 0 Å². The summed E-state index contributed by atoms with van der Waals surface area (Å²) < 4.78 is 5.17. The topological polar surface area (TPSA) is 21.3 Å². The van der Waals surface area contributed by atoms with Crippen molar-refractivity contribution in [1.82, 2.24) is 5.32 Å². The second-order valence-corrected chi connectivity index (χ2v) is 6.54. The highest BCUT2D eigenvalue weighted by Crippen LogP contribution is 2.16. The Morgan fingerprint density at radius 1 is 1.15 bits per heavy atom. The normalized spacial score (nSPS) is 12.3. The average molecular weight is 289 g/mol. The highest BCUT2D eigenvalue weighted by Gasteiger charge is 2.04. The molecule has 2 nitrogen and oxygen atoms in total. The summed E-state index contributed by atoms with van der Waals surface area (Å²) >= 11 is 1.90. The Balaban J connectivity index is 1.71. The van der Waals surface area contributed by atoms with E-state index in [2.05, 4.69) is 43.4 Å². The van der Waals surface area contributed by atoms with Gasteiger partial charge in [-0.05, 0) is 63.1 Å². The van der Waals surface area contributed by atoms with Crippen LogP contribution in [-0.2, 0) is 12.8 Å². The van der Waals surface area contributed by atoms with E-state index in [0.717, 1.165) is 25.1 Å². The maximum atomic E-state index is 5.17. The van der Waals surface area contributed by atoms with E-state index in [1.807, 2.05) is 23.5 Å². The van der Waals surface area contributed by atoms with Gasteiger partial charge in [0.1, 0.15) is 5.75 Å². The molecule has 1 heterocycles. The van der Waals surface area contributed by atoms with E-state index >= 15 is 0 Å². The van der Waals surface area contributed by atoms with Gasteiger partial charge in [0.2, 0.25) is 0 Å². The Labute approximate surface area is 125 Å². The molecule has 0 saturated carbocycles. The van der Waals surface area contributed by atoms with Crippen LogP contribution in [0.4, 0.5) is 0 Å². The van der Waals surface area contributed by atoms with Gasteiger partial charge in [0.05, 0.1) is 7.11 Å². The molecule has 2 aromatic rings. The first kappa shape index (κ1) is 15.1. The first-order valence-electron chi connectivity index (χ1n) is 7.09. The summed E-state index contributed by atoms with van der Waals surface area (Å²) in [5, 5.41) is 3.59. The third-order valence-corrected chi connectivity index (χ3v) is 4.39. The fraction of sp³-hybridized carbons (Fsp3) is 0.412. The first-order valence-corrected chi connectivity index (χ1v) is 7.90. The molecule has 20 heavy (non-hydrogen) atoms. The number of benzene rings is 1. The molecule has 1 N–H and O–H groups in total. The van der Waals surface area contributed by atoms with Crippen molar-refractivity contribution in [3.8, 4) is 5.75 Å². The SMILES string of the molecule is COc1ccc(CCNC(C)Cc2ccc(C)s2)cc1. The Bertz CT molecular complexity index is 518. The highest BCUT2D eigenvalue weighted by atomic mass is 32.1. The fourth-order valence-electron chi connectivity index (χ4n) is 2.22. The number of hydrogen-bond donors (Lipinski definition) is 1. The molecule has 1 atom stereocenters. The van der Waals surface area contributed by atoms with E-state index in [0.29, 0.717) is 6.04 Å². The van der Waals surface area contributed by atoms with Gasteiger partial charge in [0, 0.05) is 15.8 Å². The standard InChI is InChI=1S/C17H23NOS/c1-13(12-17-9-4-14(2)20-17)18-11-10-15-5-7-16(19-3)8-6-15/h4-9,13,18H,10-12H2,1-3H3. The van der Waals surface area contributed by atoms with Gasteiger partial charge in [-0.15, -0.1) is 11.3 Å². The highest BCUT2D eigenvalue weighted by molar-refractivity contribution is 7.11. The molecule has 0 spiro atoms. The van der Waals surface area contributed by atoms with E-state index in [1.165, 1.54) is 15.3 Å². The van der Waals surface area contributed by atoms with Gasteiger partial charge in [0.15, 0.2) is 0 Å². The zero-order valence-electron chi connectivity index (χ0n) is 12.5. The Morgan fingerprint density at radius 2 is 1.90 bits per heavy atom. The van der Waals surface area contributed by atoms with Crippen molar-refractivity contribution in [2.45, 2.75) is 32.7 Å². The minimum Gasteiger partial charge on any atom is -0.497 e. The third kappa shape index (κ3) is 4.66. The Morgan fingerprint density at radius 3 is 2.50 bits per heavy atom. The summed E-state index contributed by atoms with van der Waals surface area (Å²) in [6.45, 7) is 5.43. The van der Waals surface area contributed by atoms with Crippen molar-refractivity contribution in [1.29, 1.82) is 0 Å². The van der Waals surface area contributed by atoms with E-state index in [1.54, 1.807) is 7.11 Å². The van der Waals surface area contributed by atoms with E-state index in [-0.39, 0.29) is 0 Å². The minimum atomic E-state index is 0.520. The molecule has 0 bridgehead atoms. The monoisotopic (exact) mass is 289 g/mol. The van der Waals surface area contributed by atoms with Crippen LogP contribution < -0.4 is 10.1 Å². The second kappa shape index (κ2) is 7.46. The quantitative estimate of drug-likeness (QED) is 0.836. The molecule has 3 heteroatoms. The van der Waals surface area contributed by atoms with Crippen molar-refractivity contribution in [3.63, 3.8) is 0 Å². The van der Waals surface area contributed by atoms with Crippen LogP contribution in [0.3, 0.4) is 0 Å². The van der Waals surface area contributed by atoms with E-state index in [4.69, 9.17) is 4.74 Å². The molecule has 0 fully saturated rings. The lowest BCUT2D eigenvalue weighted by atomic mass is 10.1. The molecule has 0 aliphatic rings. The summed E-state index contributed by atoms with van der Waals surface area (Å²) in [6.07, 6.45) is 2.17. The molecule has 0 radical (unpaired) electrons. The van der Waals surface area contributed by atoms with Crippen LogP contribution >= 0.6 is 11.3 Å². The van der Waals surface area contributed by atoms with Crippen molar-refractivity contribution < 1.29 is 4.74 Å². The second-order valence-electron chi connectivity index (χ2n) is 5.17. The van der Waals surface area contributed by atoms with Crippen LogP contribution in [0.15, 0.2) is 36.4 Å². The predicted octanol–water partition coefficient (Wildman–Crippen LogP) is 3.83. The summed E-state index contributed by atoms with van der Waals surface area (Å²) in [6, 6.07) is 13.3. The van der Waals surface area contributed by atoms with E-state index in [9.17, 15) is 0 Å². The zero-order chi connectivity index (χ0) is 14.4. The van der Waals surface area contributed by atoms with Gasteiger partial charge in [-0.2, -0.15) is 0 Å². The number of nitrogens with one attached hydrogen (secondary N) is 1. The van der Waals surface area contributed by atoms with Gasteiger partial charge >= 0.3 is 0 Å². The molecule has 1 unspecified atom stereocenters. The molecular formula is C17H23NOS. The van der Waals surface area contributed by atoms with Crippen molar-refractivity contribution in [3.05, 3.63) is 51.7 Å². The molecule has 0 aliphatic carbocycles. The lowest BCUT2D eigenvalue weighted by Gasteiger charge is -2.13. The molecule has 2 rings (SSSR count). The molecular weight excluding hydrogens is 266 g/mol. The zero-order valence-corrected chi connectivity index (χ0v) is 13.3. The maximum Gasteiger partial charge on any atom is 0.118 e. The number of thiophene rings is 1. The molecule has 1 aromatic heterocycles. The van der Waals surface area contributed by atoms with Crippen LogP contribution in [0.1, 0.15) is 22.2 Å². The van der Waals surface area contributed by atoms with Crippen LogP contribution in [0.5, 0.6) is 5.75 Å². The fourth-order valence-corrected chi connectivity index (χ4v) is 3.24. The Kier molecular flexibility index (Phi) is 5.62. The summed E-state index contributed by atoms with van der Waals surface area (Å²) in [7, 11) is 1.70. The van der Waals surface area contributed by atoms with Gasteiger partial charge in [0.25, 0.3) is 0 Å². The third-order valence-electron chi connectivity index (χ3n) is 3.37. The van der Waals surface area contributed by atoms with E-state index < -0.39 is 0 Å². The molecule has 0 aliphatic heterocycles. The van der Waals surface area contributed by atoms with Gasteiger partial charge in [-0.3, -0.25) is 0 Å².